The van der Waals surface area contributed by atoms with Gasteiger partial charge in [0.2, 0.25) is 0 Å². The molecule has 1 aromatic carbocycles. The molecule has 1 unspecified atom stereocenters. The van der Waals surface area contributed by atoms with Crippen LogP contribution in [0, 0.1) is 17.0 Å². The zero-order chi connectivity index (χ0) is 11.4. The maximum absolute atomic E-state index is 13.7. The number of hydrogen-bond donors (Lipinski definition) is 1. The van der Waals surface area contributed by atoms with E-state index in [0.717, 1.165) is 6.07 Å². The highest BCUT2D eigenvalue weighted by molar-refractivity contribution is 6.31. The normalized spacial score (nSPS) is 27.9. The fourth-order valence-corrected chi connectivity index (χ4v) is 2.15. The van der Waals surface area contributed by atoms with Crippen molar-refractivity contribution < 1.29 is 8.78 Å². The van der Waals surface area contributed by atoms with Gasteiger partial charge < -0.3 is 5.73 Å². The summed E-state index contributed by atoms with van der Waals surface area (Å²) in [6, 6.07) is 2.54. The van der Waals surface area contributed by atoms with Gasteiger partial charge in [0, 0.05) is 11.1 Å². The van der Waals surface area contributed by atoms with Crippen LogP contribution in [0.15, 0.2) is 12.1 Å². The molecule has 1 aliphatic rings. The van der Waals surface area contributed by atoms with E-state index in [1.807, 2.05) is 13.8 Å². The molecule has 1 saturated carbocycles. The van der Waals surface area contributed by atoms with E-state index in [0.29, 0.717) is 12.0 Å². The summed E-state index contributed by atoms with van der Waals surface area (Å²) in [7, 11) is 0. The summed E-state index contributed by atoms with van der Waals surface area (Å²) >= 11 is 5.50. The highest BCUT2D eigenvalue weighted by atomic mass is 35.5. The molecule has 82 valence electrons. The summed E-state index contributed by atoms with van der Waals surface area (Å²) in [6.07, 6.45) is 0.679. The molecule has 1 aromatic rings. The van der Waals surface area contributed by atoms with Gasteiger partial charge in [-0.2, -0.15) is 0 Å². The lowest BCUT2D eigenvalue weighted by atomic mass is 9.96. The topological polar surface area (TPSA) is 26.0 Å². The van der Waals surface area contributed by atoms with Gasteiger partial charge in [-0.25, -0.2) is 8.78 Å². The van der Waals surface area contributed by atoms with E-state index >= 15 is 0 Å². The summed E-state index contributed by atoms with van der Waals surface area (Å²) in [5.74, 6) is -1.48. The minimum atomic E-state index is -0.750. The molecule has 2 N–H and O–H groups in total. The fourth-order valence-electron chi connectivity index (χ4n) is 1.98. The van der Waals surface area contributed by atoms with E-state index in [4.69, 9.17) is 17.3 Å². The molecule has 0 radical (unpaired) electrons. The minimum Gasteiger partial charge on any atom is -0.321 e. The second kappa shape index (κ2) is 2.92. The lowest BCUT2D eigenvalue weighted by Gasteiger charge is -2.16. The molecule has 2 rings (SSSR count). The van der Waals surface area contributed by atoms with Gasteiger partial charge in [0.25, 0.3) is 0 Å². The van der Waals surface area contributed by atoms with Gasteiger partial charge in [-0.15, -0.1) is 0 Å². The maximum atomic E-state index is 13.7. The Hall–Kier alpha value is -0.670. The average Bonchev–Trinajstić information content (AvgIpc) is 2.63. The summed E-state index contributed by atoms with van der Waals surface area (Å²) in [5.41, 5.74) is 5.48. The number of benzene rings is 1. The Morgan fingerprint density at radius 2 is 1.87 bits per heavy atom. The average molecular weight is 232 g/mol. The standard InChI is InChI=1S/C11H12ClF2N/c1-10(2)5-11(10,15)6-3-4-7(13)8(12)9(6)14/h3-4H,5,15H2,1-2H3. The smallest absolute Gasteiger partial charge is 0.149 e. The molecule has 1 fully saturated rings. The van der Waals surface area contributed by atoms with Crippen molar-refractivity contribution in [1.82, 2.24) is 0 Å². The molecule has 0 heterocycles. The molecule has 0 aromatic heterocycles. The fraction of sp³-hybridized carbons (Fsp3) is 0.455. The monoisotopic (exact) mass is 231 g/mol. The van der Waals surface area contributed by atoms with Crippen LogP contribution in [0.4, 0.5) is 8.78 Å². The Morgan fingerprint density at radius 1 is 1.33 bits per heavy atom. The van der Waals surface area contributed by atoms with E-state index in [1.165, 1.54) is 6.07 Å². The molecule has 4 heteroatoms. The first-order valence-corrected chi connectivity index (χ1v) is 5.10. The van der Waals surface area contributed by atoms with Gasteiger partial charge in [-0.3, -0.25) is 0 Å². The largest absolute Gasteiger partial charge is 0.321 e. The summed E-state index contributed by atoms with van der Waals surface area (Å²) in [4.78, 5) is 0. The van der Waals surface area contributed by atoms with Crippen LogP contribution in [0.1, 0.15) is 25.8 Å². The van der Waals surface area contributed by atoms with Gasteiger partial charge in [0.1, 0.15) is 16.7 Å². The van der Waals surface area contributed by atoms with Crippen LogP contribution in [-0.4, -0.2) is 0 Å². The Bertz CT molecular complexity index is 431. The quantitative estimate of drug-likeness (QED) is 0.738. The molecule has 15 heavy (non-hydrogen) atoms. The van der Waals surface area contributed by atoms with Crippen LogP contribution in [0.25, 0.3) is 0 Å². The van der Waals surface area contributed by atoms with Crippen molar-refractivity contribution in [1.29, 1.82) is 0 Å². The third-order valence-electron chi connectivity index (χ3n) is 3.32. The molecule has 0 spiro atoms. The van der Waals surface area contributed by atoms with Crippen LogP contribution in [0.2, 0.25) is 5.02 Å². The van der Waals surface area contributed by atoms with E-state index in [1.54, 1.807) is 0 Å². The second-order valence-corrected chi connectivity index (χ2v) is 5.13. The Morgan fingerprint density at radius 3 is 2.33 bits per heavy atom. The number of hydrogen-bond acceptors (Lipinski definition) is 1. The highest BCUT2D eigenvalue weighted by Crippen LogP contribution is 2.61. The van der Waals surface area contributed by atoms with Crippen molar-refractivity contribution in [2.24, 2.45) is 11.1 Å². The summed E-state index contributed by atoms with van der Waals surface area (Å²) in [5, 5.41) is -0.472. The van der Waals surface area contributed by atoms with Gasteiger partial charge in [-0.1, -0.05) is 31.5 Å². The molecule has 0 amide bonds. The minimum absolute atomic E-state index is 0.158. The molecule has 1 atom stereocenters. The first-order valence-electron chi connectivity index (χ1n) is 4.72. The molecule has 0 aliphatic heterocycles. The molecule has 0 saturated heterocycles. The number of halogens is 3. The number of nitrogens with two attached hydrogens (primary N) is 1. The first kappa shape index (κ1) is 10.8. The molecular formula is C11H12ClF2N. The maximum Gasteiger partial charge on any atom is 0.149 e. The van der Waals surface area contributed by atoms with Gasteiger partial charge >= 0.3 is 0 Å². The van der Waals surface area contributed by atoms with Crippen LogP contribution in [0.5, 0.6) is 0 Å². The predicted molar refractivity (Wildman–Crippen MR) is 55.6 cm³/mol. The van der Waals surface area contributed by atoms with Gasteiger partial charge in [-0.05, 0) is 17.9 Å². The third-order valence-corrected chi connectivity index (χ3v) is 3.67. The van der Waals surface area contributed by atoms with Crippen LogP contribution < -0.4 is 5.73 Å². The van der Waals surface area contributed by atoms with E-state index < -0.39 is 22.2 Å². The zero-order valence-electron chi connectivity index (χ0n) is 8.57. The third kappa shape index (κ3) is 1.37. The van der Waals surface area contributed by atoms with Crippen molar-refractivity contribution in [3.8, 4) is 0 Å². The first-order chi connectivity index (χ1) is 6.79. The van der Waals surface area contributed by atoms with Crippen molar-refractivity contribution >= 4 is 11.6 Å². The van der Waals surface area contributed by atoms with Crippen LogP contribution >= 0.6 is 11.6 Å². The van der Waals surface area contributed by atoms with Crippen molar-refractivity contribution in [2.75, 3.05) is 0 Å². The SMILES string of the molecule is CC1(C)CC1(N)c1ccc(F)c(Cl)c1F. The predicted octanol–water partition coefficient (Wildman–Crippen LogP) is 3.20. The number of rotatable bonds is 1. The molecule has 1 nitrogen and oxygen atoms in total. The second-order valence-electron chi connectivity index (χ2n) is 4.75. The van der Waals surface area contributed by atoms with Crippen LogP contribution in [-0.2, 0) is 5.54 Å². The van der Waals surface area contributed by atoms with Gasteiger partial charge in [0.05, 0.1) is 0 Å². The van der Waals surface area contributed by atoms with Crippen molar-refractivity contribution in [3.05, 3.63) is 34.4 Å². The summed E-state index contributed by atoms with van der Waals surface area (Å²) < 4.78 is 26.6. The molecule has 0 bridgehead atoms. The van der Waals surface area contributed by atoms with E-state index in [-0.39, 0.29) is 5.41 Å². The van der Waals surface area contributed by atoms with Gasteiger partial charge in [0.15, 0.2) is 0 Å². The Kier molecular flexibility index (Phi) is 2.11. The van der Waals surface area contributed by atoms with Crippen molar-refractivity contribution in [3.63, 3.8) is 0 Å². The van der Waals surface area contributed by atoms with Crippen molar-refractivity contribution in [2.45, 2.75) is 25.8 Å². The van der Waals surface area contributed by atoms with Crippen LogP contribution in [0.3, 0.4) is 0 Å². The summed E-state index contributed by atoms with van der Waals surface area (Å²) in [6.45, 7) is 3.90. The highest BCUT2D eigenvalue weighted by Gasteiger charge is 2.60. The lowest BCUT2D eigenvalue weighted by molar-refractivity contribution is 0.478. The lowest BCUT2D eigenvalue weighted by Crippen LogP contribution is -2.27. The molecular weight excluding hydrogens is 220 g/mol. The Balaban J connectivity index is 2.53. The van der Waals surface area contributed by atoms with E-state index in [9.17, 15) is 8.78 Å². The van der Waals surface area contributed by atoms with E-state index in [2.05, 4.69) is 0 Å². The molecule has 1 aliphatic carbocycles. The Labute approximate surface area is 92.2 Å². The zero-order valence-corrected chi connectivity index (χ0v) is 9.33.